The number of rotatable bonds is 10. The van der Waals surface area contributed by atoms with E-state index in [1.54, 1.807) is 32.0 Å². The zero-order valence-corrected chi connectivity index (χ0v) is 19.6. The number of halogens is 2. The molecule has 7 nitrogen and oxygen atoms in total. The summed E-state index contributed by atoms with van der Waals surface area (Å²) < 4.78 is 10.2. The third kappa shape index (κ3) is 6.20. The zero-order valence-electron chi connectivity index (χ0n) is 18.0. The van der Waals surface area contributed by atoms with Gasteiger partial charge in [-0.15, -0.1) is 0 Å². The molecule has 0 fully saturated rings. The van der Waals surface area contributed by atoms with E-state index < -0.39 is 28.6 Å². The number of benzene rings is 2. The average Bonchev–Trinajstić information content (AvgIpc) is 2.78. The molecule has 0 saturated heterocycles. The molecule has 0 saturated carbocycles. The van der Waals surface area contributed by atoms with Crippen LogP contribution in [0.1, 0.15) is 49.7 Å². The number of ether oxygens (including phenoxy) is 2. The highest BCUT2D eigenvalue weighted by Gasteiger charge is 2.34. The molecule has 3 atom stereocenters. The Bertz CT molecular complexity index is 963. The van der Waals surface area contributed by atoms with Crippen molar-refractivity contribution in [3.63, 3.8) is 0 Å². The van der Waals surface area contributed by atoms with Gasteiger partial charge in [0, 0.05) is 18.1 Å². The SMILES string of the molecule is CCOC(=O)C(C)CCC(c1cccc(Cl)c1Cl)C(C(=O)OC)c1ccc([N+](=O)[O-])cc1. The molecule has 0 aliphatic heterocycles. The molecule has 0 spiro atoms. The summed E-state index contributed by atoms with van der Waals surface area (Å²) in [6.45, 7) is 3.77. The molecule has 0 N–H and O–H groups in total. The van der Waals surface area contributed by atoms with Crippen LogP contribution in [0, 0.1) is 16.0 Å². The number of carbonyl (C=O) groups excluding carboxylic acids is 2. The molecule has 0 radical (unpaired) electrons. The van der Waals surface area contributed by atoms with Crippen molar-refractivity contribution in [2.45, 2.75) is 38.5 Å². The van der Waals surface area contributed by atoms with E-state index in [2.05, 4.69) is 0 Å². The van der Waals surface area contributed by atoms with E-state index in [9.17, 15) is 19.7 Å². The van der Waals surface area contributed by atoms with Crippen LogP contribution in [0.4, 0.5) is 5.69 Å². The van der Waals surface area contributed by atoms with Gasteiger partial charge in [-0.05, 0) is 37.0 Å². The first-order valence-electron chi connectivity index (χ1n) is 10.1. The summed E-state index contributed by atoms with van der Waals surface area (Å²) in [7, 11) is 1.28. The number of esters is 2. The van der Waals surface area contributed by atoms with Crippen LogP contribution >= 0.6 is 23.2 Å². The lowest BCUT2D eigenvalue weighted by Crippen LogP contribution is -2.24. The Morgan fingerprint density at radius 2 is 1.72 bits per heavy atom. The fourth-order valence-corrected chi connectivity index (χ4v) is 4.05. The van der Waals surface area contributed by atoms with E-state index in [1.807, 2.05) is 0 Å². The van der Waals surface area contributed by atoms with Crippen molar-refractivity contribution in [3.8, 4) is 0 Å². The lowest BCUT2D eigenvalue weighted by molar-refractivity contribution is -0.384. The first kappa shape index (κ1) is 25.6. The molecule has 172 valence electrons. The molecule has 0 heterocycles. The highest BCUT2D eigenvalue weighted by atomic mass is 35.5. The van der Waals surface area contributed by atoms with Crippen LogP contribution in [0.25, 0.3) is 0 Å². The van der Waals surface area contributed by atoms with Gasteiger partial charge in [-0.2, -0.15) is 0 Å². The largest absolute Gasteiger partial charge is 0.469 e. The summed E-state index contributed by atoms with van der Waals surface area (Å²) in [5.74, 6) is -2.55. The van der Waals surface area contributed by atoms with E-state index in [-0.39, 0.29) is 18.3 Å². The Morgan fingerprint density at radius 1 is 1.06 bits per heavy atom. The normalized spacial score (nSPS) is 13.7. The van der Waals surface area contributed by atoms with Gasteiger partial charge in [-0.25, -0.2) is 0 Å². The molecule has 2 aromatic rings. The molecular formula is C23H25Cl2NO6. The number of hydrogen-bond donors (Lipinski definition) is 0. The Morgan fingerprint density at radius 3 is 2.28 bits per heavy atom. The topological polar surface area (TPSA) is 95.7 Å². The monoisotopic (exact) mass is 481 g/mol. The number of nitro benzene ring substituents is 1. The van der Waals surface area contributed by atoms with E-state index >= 15 is 0 Å². The summed E-state index contributed by atoms with van der Waals surface area (Å²) in [6.07, 6.45) is 0.823. The highest BCUT2D eigenvalue weighted by Crippen LogP contribution is 2.43. The van der Waals surface area contributed by atoms with Gasteiger partial charge in [-0.3, -0.25) is 19.7 Å². The first-order chi connectivity index (χ1) is 15.2. The third-order valence-electron chi connectivity index (χ3n) is 5.30. The number of nitro groups is 1. The maximum atomic E-state index is 12.9. The van der Waals surface area contributed by atoms with Crippen LogP contribution in [0.5, 0.6) is 0 Å². The van der Waals surface area contributed by atoms with Gasteiger partial charge >= 0.3 is 11.9 Å². The predicted molar refractivity (Wildman–Crippen MR) is 122 cm³/mol. The van der Waals surface area contributed by atoms with Crippen LogP contribution in [0.3, 0.4) is 0 Å². The van der Waals surface area contributed by atoms with Crippen molar-refractivity contribution < 1.29 is 24.0 Å². The molecule has 0 amide bonds. The van der Waals surface area contributed by atoms with Gasteiger partial charge in [0.15, 0.2) is 0 Å². The molecular weight excluding hydrogens is 457 g/mol. The molecule has 32 heavy (non-hydrogen) atoms. The Balaban J connectivity index is 2.51. The number of methoxy groups -OCH3 is 1. The minimum atomic E-state index is -0.814. The van der Waals surface area contributed by atoms with Crippen molar-refractivity contribution >= 4 is 40.8 Å². The minimum Gasteiger partial charge on any atom is -0.469 e. The predicted octanol–water partition coefficient (Wildman–Crippen LogP) is 5.92. The van der Waals surface area contributed by atoms with Crippen molar-refractivity contribution in [1.82, 2.24) is 0 Å². The summed E-state index contributed by atoms with van der Waals surface area (Å²) in [5.41, 5.74) is 1.07. The summed E-state index contributed by atoms with van der Waals surface area (Å²) >= 11 is 12.7. The molecule has 9 heteroatoms. The molecule has 2 rings (SSSR count). The van der Waals surface area contributed by atoms with Gasteiger partial charge in [0.1, 0.15) is 0 Å². The fourth-order valence-electron chi connectivity index (χ4n) is 3.60. The van der Waals surface area contributed by atoms with Crippen molar-refractivity contribution in [2.75, 3.05) is 13.7 Å². The van der Waals surface area contributed by atoms with Crippen molar-refractivity contribution in [3.05, 3.63) is 73.8 Å². The molecule has 2 aromatic carbocycles. The quantitative estimate of drug-likeness (QED) is 0.237. The maximum absolute atomic E-state index is 12.9. The van der Waals surface area contributed by atoms with Gasteiger partial charge < -0.3 is 9.47 Å². The second kappa shape index (κ2) is 11.8. The molecule has 0 aliphatic carbocycles. The number of non-ortho nitro benzene ring substituents is 1. The Kier molecular flexibility index (Phi) is 9.47. The lowest BCUT2D eigenvalue weighted by Gasteiger charge is -2.28. The summed E-state index contributed by atoms with van der Waals surface area (Å²) in [4.78, 5) is 35.6. The number of nitrogens with zero attached hydrogens (tertiary/aromatic N) is 1. The van der Waals surface area contributed by atoms with Crippen LogP contribution in [-0.2, 0) is 19.1 Å². The number of carbonyl (C=O) groups is 2. The summed E-state index contributed by atoms with van der Waals surface area (Å²) in [5, 5.41) is 11.7. The minimum absolute atomic E-state index is 0.0920. The van der Waals surface area contributed by atoms with Crippen LogP contribution < -0.4 is 0 Å². The third-order valence-corrected chi connectivity index (χ3v) is 6.13. The average molecular weight is 482 g/mol. The Labute approximate surface area is 196 Å². The van der Waals surface area contributed by atoms with Crippen LogP contribution in [0.2, 0.25) is 10.0 Å². The fraction of sp³-hybridized carbons (Fsp3) is 0.391. The lowest BCUT2D eigenvalue weighted by atomic mass is 9.77. The second-order valence-corrected chi connectivity index (χ2v) is 8.11. The zero-order chi connectivity index (χ0) is 23.8. The van der Waals surface area contributed by atoms with E-state index in [1.165, 1.54) is 31.4 Å². The molecule has 0 aliphatic rings. The van der Waals surface area contributed by atoms with E-state index in [0.717, 1.165) is 0 Å². The summed E-state index contributed by atoms with van der Waals surface area (Å²) in [6, 6.07) is 10.9. The highest BCUT2D eigenvalue weighted by molar-refractivity contribution is 6.42. The van der Waals surface area contributed by atoms with Gasteiger partial charge in [-0.1, -0.05) is 54.4 Å². The standard InChI is InChI=1S/C23H25Cl2NO6/c1-4-32-22(27)14(2)8-13-17(18-6-5-7-19(24)21(18)25)20(23(28)31-3)15-9-11-16(12-10-15)26(29)30/h5-7,9-12,14,17,20H,4,8,13H2,1-3H3. The van der Waals surface area contributed by atoms with Crippen LogP contribution in [-0.4, -0.2) is 30.6 Å². The van der Waals surface area contributed by atoms with Crippen molar-refractivity contribution in [1.29, 1.82) is 0 Å². The van der Waals surface area contributed by atoms with E-state index in [4.69, 9.17) is 32.7 Å². The number of hydrogen-bond acceptors (Lipinski definition) is 6. The van der Waals surface area contributed by atoms with Crippen molar-refractivity contribution in [2.24, 2.45) is 5.92 Å². The Hall–Kier alpha value is -2.64. The van der Waals surface area contributed by atoms with Gasteiger partial charge in [0.25, 0.3) is 5.69 Å². The molecule has 0 bridgehead atoms. The smallest absolute Gasteiger partial charge is 0.313 e. The van der Waals surface area contributed by atoms with Gasteiger partial charge in [0.2, 0.25) is 0 Å². The maximum Gasteiger partial charge on any atom is 0.313 e. The van der Waals surface area contributed by atoms with E-state index in [0.29, 0.717) is 34.0 Å². The first-order valence-corrected chi connectivity index (χ1v) is 10.9. The molecule has 0 aromatic heterocycles. The molecule has 3 unspecified atom stereocenters. The second-order valence-electron chi connectivity index (χ2n) is 7.33. The van der Waals surface area contributed by atoms with Gasteiger partial charge in [0.05, 0.1) is 40.5 Å². The van der Waals surface area contributed by atoms with Crippen LogP contribution in [0.15, 0.2) is 42.5 Å².